The van der Waals surface area contributed by atoms with Gasteiger partial charge in [0.05, 0.1) is 22.3 Å². The molecule has 0 saturated carbocycles. The monoisotopic (exact) mass is 312 g/mol. The second-order valence-corrected chi connectivity index (χ2v) is 5.32. The summed E-state index contributed by atoms with van der Waals surface area (Å²) in [5.41, 5.74) is 1.55. The number of nitrogens with one attached hydrogen (secondary N) is 1. The van der Waals surface area contributed by atoms with E-state index >= 15 is 0 Å². The van der Waals surface area contributed by atoms with E-state index in [0.717, 1.165) is 17.0 Å². The maximum absolute atomic E-state index is 13.1. The van der Waals surface area contributed by atoms with E-state index in [-0.39, 0.29) is 5.52 Å². The number of rotatable bonds is 1. The number of benzene rings is 2. The zero-order valence-electron chi connectivity index (χ0n) is 11.9. The fourth-order valence-corrected chi connectivity index (χ4v) is 2.82. The van der Waals surface area contributed by atoms with Gasteiger partial charge in [0.2, 0.25) is 0 Å². The normalized spacial score (nSPS) is 12.1. The molecule has 0 spiro atoms. The summed E-state index contributed by atoms with van der Waals surface area (Å²) in [6.45, 7) is 0. The molecule has 0 aliphatic rings. The van der Waals surface area contributed by atoms with Crippen molar-refractivity contribution in [3.05, 3.63) is 66.4 Å². The molecule has 4 rings (SSSR count). The summed E-state index contributed by atoms with van der Waals surface area (Å²) >= 11 is 0. The molecule has 0 radical (unpaired) electrons. The number of H-pyrrole nitrogens is 1. The number of aromatic nitrogens is 2. The van der Waals surface area contributed by atoms with Gasteiger partial charge in [0.1, 0.15) is 0 Å². The highest BCUT2D eigenvalue weighted by Gasteiger charge is 2.33. The minimum absolute atomic E-state index is 0.0879. The minimum atomic E-state index is -4.39. The Labute approximate surface area is 129 Å². The third-order valence-electron chi connectivity index (χ3n) is 3.90. The van der Waals surface area contributed by atoms with E-state index < -0.39 is 11.7 Å². The molecule has 0 atom stereocenters. The van der Waals surface area contributed by atoms with E-state index in [1.165, 1.54) is 6.07 Å². The number of hydrogen-bond donors (Lipinski definition) is 1. The SMILES string of the molecule is FC(F)(F)c1cccc2c(-c3ccc4ccccc4n3)c[nH]c12. The molecule has 1 N–H and O–H groups in total. The second-order valence-electron chi connectivity index (χ2n) is 5.32. The van der Waals surface area contributed by atoms with Gasteiger partial charge in [-0.3, -0.25) is 0 Å². The Morgan fingerprint density at radius 1 is 0.870 bits per heavy atom. The Hall–Kier alpha value is -2.82. The van der Waals surface area contributed by atoms with Crippen LogP contribution in [-0.4, -0.2) is 9.97 Å². The van der Waals surface area contributed by atoms with Crippen LogP contribution in [0.3, 0.4) is 0 Å². The number of fused-ring (bicyclic) bond motifs is 2. The van der Waals surface area contributed by atoms with Gasteiger partial charge in [-0.1, -0.05) is 36.4 Å². The lowest BCUT2D eigenvalue weighted by atomic mass is 10.1. The van der Waals surface area contributed by atoms with Crippen LogP contribution < -0.4 is 0 Å². The van der Waals surface area contributed by atoms with Crippen molar-refractivity contribution in [3.8, 4) is 11.3 Å². The van der Waals surface area contributed by atoms with E-state index in [4.69, 9.17) is 0 Å². The number of para-hydroxylation sites is 2. The van der Waals surface area contributed by atoms with Crippen molar-refractivity contribution in [1.29, 1.82) is 0 Å². The minimum Gasteiger partial charge on any atom is -0.360 e. The lowest BCUT2D eigenvalue weighted by Crippen LogP contribution is -2.05. The predicted molar refractivity (Wildman–Crippen MR) is 84.0 cm³/mol. The molecule has 114 valence electrons. The molecule has 0 aliphatic carbocycles. The summed E-state index contributed by atoms with van der Waals surface area (Å²) in [4.78, 5) is 7.31. The highest BCUT2D eigenvalue weighted by Crippen LogP contribution is 2.37. The number of halogens is 3. The summed E-state index contributed by atoms with van der Waals surface area (Å²) in [5, 5.41) is 1.51. The van der Waals surface area contributed by atoms with Crippen molar-refractivity contribution in [3.63, 3.8) is 0 Å². The van der Waals surface area contributed by atoms with E-state index in [1.807, 2.05) is 36.4 Å². The van der Waals surface area contributed by atoms with Crippen molar-refractivity contribution < 1.29 is 13.2 Å². The topological polar surface area (TPSA) is 28.7 Å². The van der Waals surface area contributed by atoms with Gasteiger partial charge in [0, 0.05) is 22.5 Å². The first-order valence-electron chi connectivity index (χ1n) is 7.07. The number of aromatic amines is 1. The summed E-state index contributed by atoms with van der Waals surface area (Å²) in [5.74, 6) is 0. The molecule has 0 bridgehead atoms. The van der Waals surface area contributed by atoms with Crippen molar-refractivity contribution in [1.82, 2.24) is 9.97 Å². The maximum atomic E-state index is 13.1. The van der Waals surface area contributed by atoms with Crippen molar-refractivity contribution in [2.45, 2.75) is 6.18 Å². The molecule has 2 heterocycles. The Morgan fingerprint density at radius 2 is 1.70 bits per heavy atom. The first kappa shape index (κ1) is 13.8. The summed E-state index contributed by atoms with van der Waals surface area (Å²) < 4.78 is 39.3. The molecule has 5 heteroatoms. The molecular weight excluding hydrogens is 301 g/mol. The lowest BCUT2D eigenvalue weighted by Gasteiger charge is -2.08. The molecule has 0 fully saturated rings. The molecule has 0 saturated heterocycles. The van der Waals surface area contributed by atoms with Crippen LogP contribution in [0.15, 0.2) is 60.8 Å². The molecule has 0 unspecified atom stereocenters. The average molecular weight is 312 g/mol. The van der Waals surface area contributed by atoms with E-state index in [2.05, 4.69) is 9.97 Å². The Kier molecular flexibility index (Phi) is 2.91. The van der Waals surface area contributed by atoms with E-state index in [1.54, 1.807) is 12.3 Å². The molecule has 4 aromatic rings. The van der Waals surface area contributed by atoms with Crippen molar-refractivity contribution in [2.75, 3.05) is 0 Å². The smallest absolute Gasteiger partial charge is 0.360 e. The molecular formula is C18H11F3N2. The van der Waals surface area contributed by atoms with Gasteiger partial charge in [0.25, 0.3) is 0 Å². The van der Waals surface area contributed by atoms with Crippen LogP contribution in [0.2, 0.25) is 0 Å². The Bertz CT molecular complexity index is 1020. The van der Waals surface area contributed by atoms with Crippen LogP contribution >= 0.6 is 0 Å². The van der Waals surface area contributed by atoms with Gasteiger partial charge in [-0.05, 0) is 18.2 Å². The van der Waals surface area contributed by atoms with Gasteiger partial charge in [-0.2, -0.15) is 13.2 Å². The summed E-state index contributed by atoms with van der Waals surface area (Å²) in [6, 6.07) is 15.6. The maximum Gasteiger partial charge on any atom is 0.418 e. The summed E-state index contributed by atoms with van der Waals surface area (Å²) in [6.07, 6.45) is -2.81. The van der Waals surface area contributed by atoms with Gasteiger partial charge in [0.15, 0.2) is 0 Å². The first-order valence-corrected chi connectivity index (χ1v) is 7.07. The van der Waals surface area contributed by atoms with E-state index in [9.17, 15) is 13.2 Å². The Morgan fingerprint density at radius 3 is 2.52 bits per heavy atom. The molecule has 23 heavy (non-hydrogen) atoms. The largest absolute Gasteiger partial charge is 0.418 e. The van der Waals surface area contributed by atoms with Gasteiger partial charge < -0.3 is 4.98 Å². The average Bonchev–Trinajstić information content (AvgIpc) is 2.97. The number of alkyl halides is 3. The number of pyridine rings is 1. The highest BCUT2D eigenvalue weighted by molar-refractivity contribution is 5.97. The zero-order chi connectivity index (χ0) is 16.0. The molecule has 2 aromatic carbocycles. The third-order valence-corrected chi connectivity index (χ3v) is 3.90. The van der Waals surface area contributed by atoms with Crippen molar-refractivity contribution in [2.24, 2.45) is 0 Å². The quantitative estimate of drug-likeness (QED) is 0.501. The predicted octanol–water partition coefficient (Wildman–Crippen LogP) is 5.40. The Balaban J connectivity index is 1.95. The first-order chi connectivity index (χ1) is 11.0. The second kappa shape index (κ2) is 4.84. The van der Waals surface area contributed by atoms with Crippen LogP contribution in [0.5, 0.6) is 0 Å². The van der Waals surface area contributed by atoms with Gasteiger partial charge in [-0.25, -0.2) is 4.98 Å². The van der Waals surface area contributed by atoms with Gasteiger partial charge >= 0.3 is 6.18 Å². The van der Waals surface area contributed by atoms with Gasteiger partial charge in [-0.15, -0.1) is 0 Å². The molecule has 2 nitrogen and oxygen atoms in total. The fourth-order valence-electron chi connectivity index (χ4n) is 2.82. The molecule has 0 amide bonds. The zero-order valence-corrected chi connectivity index (χ0v) is 11.9. The van der Waals surface area contributed by atoms with Crippen LogP contribution in [0.1, 0.15) is 5.56 Å². The lowest BCUT2D eigenvalue weighted by molar-refractivity contribution is -0.136. The number of nitrogens with zero attached hydrogens (tertiary/aromatic N) is 1. The fraction of sp³-hybridized carbons (Fsp3) is 0.0556. The highest BCUT2D eigenvalue weighted by atomic mass is 19.4. The standard InChI is InChI=1S/C18H11F3N2/c19-18(20,21)14-6-3-5-12-13(10-22-17(12)14)16-9-8-11-4-1-2-7-15(11)23-16/h1-10,22H. The van der Waals surface area contributed by atoms with Crippen LogP contribution in [-0.2, 0) is 6.18 Å². The van der Waals surface area contributed by atoms with Crippen LogP contribution in [0.4, 0.5) is 13.2 Å². The van der Waals surface area contributed by atoms with Crippen molar-refractivity contribution >= 4 is 21.8 Å². The number of hydrogen-bond acceptors (Lipinski definition) is 1. The molecule has 2 aromatic heterocycles. The third kappa shape index (κ3) is 2.25. The van der Waals surface area contributed by atoms with Crippen LogP contribution in [0, 0.1) is 0 Å². The molecule has 0 aliphatic heterocycles. The van der Waals surface area contributed by atoms with Crippen LogP contribution in [0.25, 0.3) is 33.1 Å². The summed E-state index contributed by atoms with van der Waals surface area (Å²) in [7, 11) is 0. The van der Waals surface area contributed by atoms with E-state index in [0.29, 0.717) is 16.6 Å².